The van der Waals surface area contributed by atoms with Crippen LogP contribution in [0.15, 0.2) is 0 Å². The average molecular weight is 173 g/mol. The average Bonchev–Trinajstić information content (AvgIpc) is 2.33. The molecule has 1 heterocycles. The van der Waals surface area contributed by atoms with Gasteiger partial charge in [-0.2, -0.15) is 0 Å². The molecule has 1 aliphatic heterocycles. The van der Waals surface area contributed by atoms with Crippen molar-refractivity contribution in [2.45, 2.75) is 25.4 Å². The third kappa shape index (κ3) is 4.04. The van der Waals surface area contributed by atoms with Crippen LogP contribution in [0.3, 0.4) is 0 Å². The monoisotopic (exact) mass is 173 g/mol. The summed E-state index contributed by atoms with van der Waals surface area (Å²) in [6.45, 7) is 3.69. The fourth-order valence-electron chi connectivity index (χ4n) is 1.45. The van der Waals surface area contributed by atoms with Gasteiger partial charge in [-0.1, -0.05) is 0 Å². The van der Waals surface area contributed by atoms with E-state index in [-0.39, 0.29) is 0 Å². The molecule has 0 saturated carbocycles. The van der Waals surface area contributed by atoms with Gasteiger partial charge in [0.15, 0.2) is 0 Å². The number of hydrogen-bond acceptors (Lipinski definition) is 3. The van der Waals surface area contributed by atoms with E-state index in [1.165, 1.54) is 12.8 Å². The molecule has 0 amide bonds. The van der Waals surface area contributed by atoms with Crippen LogP contribution in [0.25, 0.3) is 0 Å². The molecule has 1 aliphatic rings. The molecule has 0 aromatic heterocycles. The summed E-state index contributed by atoms with van der Waals surface area (Å²) < 4.78 is 10.6. The zero-order chi connectivity index (χ0) is 8.65. The summed E-state index contributed by atoms with van der Waals surface area (Å²) in [5.41, 5.74) is 0. The van der Waals surface area contributed by atoms with Gasteiger partial charge in [-0.15, -0.1) is 0 Å². The van der Waals surface area contributed by atoms with E-state index in [2.05, 4.69) is 5.32 Å². The van der Waals surface area contributed by atoms with Gasteiger partial charge in [-0.25, -0.2) is 0 Å². The summed E-state index contributed by atoms with van der Waals surface area (Å²) in [6, 6.07) is 0. The van der Waals surface area contributed by atoms with Gasteiger partial charge in [0.2, 0.25) is 0 Å². The first-order valence-electron chi connectivity index (χ1n) is 4.74. The van der Waals surface area contributed by atoms with Crippen LogP contribution in [0.2, 0.25) is 0 Å². The second-order valence-electron chi connectivity index (χ2n) is 3.17. The first-order chi connectivity index (χ1) is 5.93. The smallest absolute Gasteiger partial charge is 0.0704 e. The highest BCUT2D eigenvalue weighted by Crippen LogP contribution is 2.08. The minimum absolute atomic E-state index is 0.454. The molecule has 0 radical (unpaired) electrons. The van der Waals surface area contributed by atoms with Gasteiger partial charge in [0.25, 0.3) is 0 Å². The lowest BCUT2D eigenvalue weighted by Gasteiger charge is -2.14. The molecule has 0 aromatic carbocycles. The molecule has 1 N–H and O–H groups in total. The van der Waals surface area contributed by atoms with Crippen LogP contribution in [0.4, 0.5) is 0 Å². The number of methoxy groups -OCH3 is 1. The highest BCUT2D eigenvalue weighted by molar-refractivity contribution is 4.66. The van der Waals surface area contributed by atoms with E-state index in [0.29, 0.717) is 12.7 Å². The molecule has 0 bridgehead atoms. The van der Waals surface area contributed by atoms with Crippen molar-refractivity contribution >= 4 is 0 Å². The van der Waals surface area contributed by atoms with Crippen LogP contribution in [-0.2, 0) is 9.47 Å². The molecule has 3 heteroatoms. The van der Waals surface area contributed by atoms with Gasteiger partial charge >= 0.3 is 0 Å². The molecule has 1 fully saturated rings. The van der Waals surface area contributed by atoms with Crippen molar-refractivity contribution in [2.75, 3.05) is 33.4 Å². The first kappa shape index (κ1) is 9.96. The number of ether oxygens (including phenoxy) is 2. The summed E-state index contributed by atoms with van der Waals surface area (Å²) in [5.74, 6) is 0. The second kappa shape index (κ2) is 6.40. The molecule has 0 aromatic rings. The lowest BCUT2D eigenvalue weighted by atomic mass is 10.2. The third-order valence-corrected chi connectivity index (χ3v) is 2.16. The lowest BCUT2D eigenvalue weighted by Crippen LogP contribution is -2.18. The lowest BCUT2D eigenvalue weighted by molar-refractivity contribution is 0.0119. The fraction of sp³-hybridized carbons (Fsp3) is 1.00. The van der Waals surface area contributed by atoms with Crippen LogP contribution >= 0.6 is 0 Å². The van der Waals surface area contributed by atoms with Crippen LogP contribution < -0.4 is 5.32 Å². The molecular formula is C9H19NO2. The number of hydrogen-bond donors (Lipinski definition) is 1. The molecule has 1 atom stereocenters. The summed E-state index contributed by atoms with van der Waals surface area (Å²) >= 11 is 0. The van der Waals surface area contributed by atoms with Gasteiger partial charge < -0.3 is 14.8 Å². The first-order valence-corrected chi connectivity index (χ1v) is 4.74. The SMILES string of the molecule is COCCOC1CCCNCC1. The summed E-state index contributed by atoms with van der Waals surface area (Å²) in [5, 5.41) is 3.36. The Kier molecular flexibility index (Phi) is 5.32. The summed E-state index contributed by atoms with van der Waals surface area (Å²) in [7, 11) is 1.71. The Balaban J connectivity index is 2.04. The molecule has 1 rings (SSSR count). The number of rotatable bonds is 4. The van der Waals surface area contributed by atoms with Crippen LogP contribution in [0.1, 0.15) is 19.3 Å². The van der Waals surface area contributed by atoms with Crippen LogP contribution in [0.5, 0.6) is 0 Å². The molecule has 12 heavy (non-hydrogen) atoms. The van der Waals surface area contributed by atoms with Crippen LogP contribution in [-0.4, -0.2) is 39.5 Å². The van der Waals surface area contributed by atoms with Crippen molar-refractivity contribution in [1.29, 1.82) is 0 Å². The van der Waals surface area contributed by atoms with Crippen molar-refractivity contribution in [3.8, 4) is 0 Å². The quantitative estimate of drug-likeness (QED) is 0.638. The normalized spacial score (nSPS) is 25.2. The Morgan fingerprint density at radius 1 is 1.25 bits per heavy atom. The van der Waals surface area contributed by atoms with Gasteiger partial charge in [0.1, 0.15) is 0 Å². The predicted molar refractivity (Wildman–Crippen MR) is 48.3 cm³/mol. The van der Waals surface area contributed by atoms with E-state index in [1.807, 2.05) is 0 Å². The minimum atomic E-state index is 0.454. The fourth-order valence-corrected chi connectivity index (χ4v) is 1.45. The highest BCUT2D eigenvalue weighted by atomic mass is 16.5. The Labute approximate surface area is 74.4 Å². The standard InChI is InChI=1S/C9H19NO2/c1-11-7-8-12-9-3-2-5-10-6-4-9/h9-10H,2-8H2,1H3. The Bertz CT molecular complexity index is 101. The molecule has 0 spiro atoms. The maximum Gasteiger partial charge on any atom is 0.0704 e. The minimum Gasteiger partial charge on any atom is -0.382 e. The third-order valence-electron chi connectivity index (χ3n) is 2.16. The maximum absolute atomic E-state index is 5.64. The maximum atomic E-state index is 5.64. The predicted octanol–water partition coefficient (Wildman–Crippen LogP) is 0.792. The topological polar surface area (TPSA) is 30.5 Å². The van der Waals surface area contributed by atoms with E-state index in [9.17, 15) is 0 Å². The molecule has 1 saturated heterocycles. The second-order valence-corrected chi connectivity index (χ2v) is 3.17. The molecular weight excluding hydrogens is 154 g/mol. The van der Waals surface area contributed by atoms with E-state index >= 15 is 0 Å². The number of nitrogens with one attached hydrogen (secondary N) is 1. The molecule has 72 valence electrons. The van der Waals surface area contributed by atoms with E-state index in [4.69, 9.17) is 9.47 Å². The van der Waals surface area contributed by atoms with Gasteiger partial charge in [-0.05, 0) is 32.4 Å². The van der Waals surface area contributed by atoms with Crippen molar-refractivity contribution in [3.63, 3.8) is 0 Å². The van der Waals surface area contributed by atoms with Crippen molar-refractivity contribution in [2.24, 2.45) is 0 Å². The Hall–Kier alpha value is -0.120. The van der Waals surface area contributed by atoms with E-state index < -0.39 is 0 Å². The Morgan fingerprint density at radius 2 is 2.17 bits per heavy atom. The zero-order valence-electron chi connectivity index (χ0n) is 7.84. The molecule has 1 unspecified atom stereocenters. The zero-order valence-corrected chi connectivity index (χ0v) is 7.84. The molecule has 3 nitrogen and oxygen atoms in total. The van der Waals surface area contributed by atoms with Gasteiger partial charge in [0, 0.05) is 7.11 Å². The highest BCUT2D eigenvalue weighted by Gasteiger charge is 2.11. The summed E-state index contributed by atoms with van der Waals surface area (Å²) in [4.78, 5) is 0. The van der Waals surface area contributed by atoms with E-state index in [1.54, 1.807) is 7.11 Å². The largest absolute Gasteiger partial charge is 0.382 e. The van der Waals surface area contributed by atoms with Crippen molar-refractivity contribution < 1.29 is 9.47 Å². The Morgan fingerprint density at radius 3 is 3.00 bits per heavy atom. The van der Waals surface area contributed by atoms with Crippen molar-refractivity contribution in [3.05, 3.63) is 0 Å². The van der Waals surface area contributed by atoms with Crippen LogP contribution in [0, 0.1) is 0 Å². The van der Waals surface area contributed by atoms with Gasteiger partial charge in [0.05, 0.1) is 19.3 Å². The molecule has 0 aliphatic carbocycles. The van der Waals surface area contributed by atoms with E-state index in [0.717, 1.165) is 26.1 Å². The van der Waals surface area contributed by atoms with Crippen molar-refractivity contribution in [1.82, 2.24) is 5.32 Å². The van der Waals surface area contributed by atoms with Gasteiger partial charge in [-0.3, -0.25) is 0 Å². The summed E-state index contributed by atoms with van der Waals surface area (Å²) in [6.07, 6.45) is 4.02.